The second-order valence-electron chi connectivity index (χ2n) is 3.96. The van der Waals surface area contributed by atoms with Crippen LogP contribution in [0, 0.1) is 6.92 Å². The fourth-order valence-electron chi connectivity index (χ4n) is 1.66. The molecule has 0 unspecified atom stereocenters. The van der Waals surface area contributed by atoms with Gasteiger partial charge in [0.25, 0.3) is 0 Å². The van der Waals surface area contributed by atoms with E-state index in [1.165, 1.54) is 4.88 Å². The first kappa shape index (κ1) is 12.9. The molecule has 0 radical (unpaired) electrons. The van der Waals surface area contributed by atoms with E-state index in [1.807, 2.05) is 19.2 Å². The molecule has 5 heteroatoms. The van der Waals surface area contributed by atoms with Crippen molar-refractivity contribution in [2.75, 3.05) is 7.11 Å². The van der Waals surface area contributed by atoms with E-state index in [-0.39, 0.29) is 5.75 Å². The predicted octanol–water partition coefficient (Wildman–Crippen LogP) is 2.46. The molecule has 1 aromatic heterocycles. The molecule has 1 heterocycles. The Balaban J connectivity index is 1.88. The van der Waals surface area contributed by atoms with Gasteiger partial charge in [-0.15, -0.1) is 11.3 Å². The number of nitrogens with zero attached hydrogens (tertiary/aromatic N) is 1. The number of thiazole rings is 1. The molecule has 0 aliphatic rings. The van der Waals surface area contributed by atoms with E-state index in [4.69, 9.17) is 4.74 Å². The summed E-state index contributed by atoms with van der Waals surface area (Å²) >= 11 is 1.69. The van der Waals surface area contributed by atoms with E-state index >= 15 is 0 Å². The normalized spacial score (nSPS) is 10.6. The molecule has 0 aliphatic carbocycles. The molecule has 0 fully saturated rings. The van der Waals surface area contributed by atoms with Gasteiger partial charge >= 0.3 is 0 Å². The van der Waals surface area contributed by atoms with Crippen LogP contribution in [0.15, 0.2) is 24.4 Å². The fourth-order valence-corrected chi connectivity index (χ4v) is 2.43. The molecule has 0 aliphatic heterocycles. The molecular weight excluding hydrogens is 248 g/mol. The molecule has 96 valence electrons. The summed E-state index contributed by atoms with van der Waals surface area (Å²) in [6.07, 6.45) is 1.89. The second-order valence-corrected chi connectivity index (χ2v) is 5.27. The van der Waals surface area contributed by atoms with Crippen molar-refractivity contribution in [1.82, 2.24) is 10.3 Å². The van der Waals surface area contributed by atoms with Gasteiger partial charge in [-0.3, -0.25) is 0 Å². The van der Waals surface area contributed by atoms with Crippen LogP contribution >= 0.6 is 11.3 Å². The van der Waals surface area contributed by atoms with Crippen LogP contribution in [0.5, 0.6) is 11.5 Å². The maximum absolute atomic E-state index is 9.65. The number of methoxy groups -OCH3 is 1. The van der Waals surface area contributed by atoms with Gasteiger partial charge in [0.1, 0.15) is 0 Å². The first-order valence-electron chi connectivity index (χ1n) is 5.67. The van der Waals surface area contributed by atoms with Crippen LogP contribution in [0.4, 0.5) is 0 Å². The summed E-state index contributed by atoms with van der Waals surface area (Å²) in [7, 11) is 1.54. The molecule has 4 nitrogen and oxygen atoms in total. The molecule has 2 aromatic rings. The summed E-state index contributed by atoms with van der Waals surface area (Å²) in [4.78, 5) is 5.41. The van der Waals surface area contributed by atoms with Crippen LogP contribution < -0.4 is 10.1 Å². The lowest BCUT2D eigenvalue weighted by atomic mass is 10.2. The largest absolute Gasteiger partial charge is 0.504 e. The number of aryl methyl sites for hydroxylation is 1. The third-order valence-corrected chi connectivity index (χ3v) is 3.45. The van der Waals surface area contributed by atoms with E-state index in [9.17, 15) is 5.11 Å². The molecule has 0 spiro atoms. The number of hydrogen-bond acceptors (Lipinski definition) is 5. The van der Waals surface area contributed by atoms with Gasteiger partial charge in [0.05, 0.1) is 12.1 Å². The quantitative estimate of drug-likeness (QED) is 0.871. The van der Waals surface area contributed by atoms with E-state index in [0.717, 1.165) is 17.1 Å². The summed E-state index contributed by atoms with van der Waals surface area (Å²) in [5.41, 5.74) is 1.02. The van der Waals surface area contributed by atoms with Crippen molar-refractivity contribution in [2.45, 2.75) is 20.0 Å². The van der Waals surface area contributed by atoms with Gasteiger partial charge < -0.3 is 15.2 Å². The Labute approximate surface area is 110 Å². The lowest BCUT2D eigenvalue weighted by Crippen LogP contribution is -2.11. The van der Waals surface area contributed by atoms with Gasteiger partial charge in [-0.1, -0.05) is 6.07 Å². The number of phenolic OH excluding ortho intramolecular Hbond substituents is 1. The maximum atomic E-state index is 9.65. The zero-order valence-corrected chi connectivity index (χ0v) is 11.3. The zero-order valence-electron chi connectivity index (χ0n) is 10.4. The Bertz CT molecular complexity index is 525. The lowest BCUT2D eigenvalue weighted by Gasteiger charge is -2.07. The van der Waals surface area contributed by atoms with Gasteiger partial charge in [0, 0.05) is 24.2 Å². The lowest BCUT2D eigenvalue weighted by molar-refractivity contribution is 0.373. The van der Waals surface area contributed by atoms with Crippen molar-refractivity contribution in [2.24, 2.45) is 0 Å². The highest BCUT2D eigenvalue weighted by atomic mass is 32.1. The Morgan fingerprint density at radius 1 is 1.39 bits per heavy atom. The van der Waals surface area contributed by atoms with Crippen LogP contribution in [0.25, 0.3) is 0 Å². The zero-order chi connectivity index (χ0) is 13.0. The molecule has 2 rings (SSSR count). The number of aromatic nitrogens is 1. The third kappa shape index (κ3) is 3.21. The van der Waals surface area contributed by atoms with E-state index < -0.39 is 0 Å². The first-order valence-corrected chi connectivity index (χ1v) is 6.48. The number of ether oxygens (including phenoxy) is 1. The Hall–Kier alpha value is -1.59. The summed E-state index contributed by atoms with van der Waals surface area (Å²) in [6.45, 7) is 3.49. The van der Waals surface area contributed by atoms with Gasteiger partial charge in [0.2, 0.25) is 0 Å². The average molecular weight is 264 g/mol. The number of phenols is 1. The Morgan fingerprint density at radius 3 is 2.83 bits per heavy atom. The number of hydrogen-bond donors (Lipinski definition) is 2. The SMILES string of the molecule is COc1ccc(CNCc2cnc(C)s2)cc1O. The van der Waals surface area contributed by atoms with Crippen LogP contribution in [0.3, 0.4) is 0 Å². The van der Waals surface area contributed by atoms with Crippen molar-refractivity contribution in [3.63, 3.8) is 0 Å². The highest BCUT2D eigenvalue weighted by Gasteiger charge is 2.03. The van der Waals surface area contributed by atoms with Crippen LogP contribution in [-0.2, 0) is 13.1 Å². The number of benzene rings is 1. The molecule has 0 bridgehead atoms. The second kappa shape index (κ2) is 5.84. The number of nitrogens with one attached hydrogen (secondary N) is 1. The topological polar surface area (TPSA) is 54.4 Å². The molecule has 1 aromatic carbocycles. The van der Waals surface area contributed by atoms with Crippen LogP contribution in [0.1, 0.15) is 15.4 Å². The van der Waals surface area contributed by atoms with Crippen LogP contribution in [-0.4, -0.2) is 17.2 Å². The minimum atomic E-state index is 0.172. The van der Waals surface area contributed by atoms with Gasteiger partial charge in [-0.2, -0.15) is 0 Å². The van der Waals surface area contributed by atoms with E-state index in [2.05, 4.69) is 10.3 Å². The minimum Gasteiger partial charge on any atom is -0.504 e. The van der Waals surface area contributed by atoms with E-state index in [1.54, 1.807) is 30.6 Å². The monoisotopic (exact) mass is 264 g/mol. The molecule has 0 saturated carbocycles. The average Bonchev–Trinajstić information content (AvgIpc) is 2.75. The standard InChI is InChI=1S/C13H16N2O2S/c1-9-15-8-11(18-9)7-14-6-10-3-4-13(17-2)12(16)5-10/h3-5,8,14,16H,6-7H2,1-2H3. The smallest absolute Gasteiger partial charge is 0.160 e. The summed E-state index contributed by atoms with van der Waals surface area (Å²) in [5, 5.41) is 14.0. The molecule has 18 heavy (non-hydrogen) atoms. The van der Waals surface area contributed by atoms with Gasteiger partial charge in [-0.25, -0.2) is 4.98 Å². The molecule has 0 amide bonds. The molecule has 0 atom stereocenters. The Kier molecular flexibility index (Phi) is 4.17. The summed E-state index contributed by atoms with van der Waals surface area (Å²) < 4.78 is 5.00. The number of aromatic hydroxyl groups is 1. The highest BCUT2D eigenvalue weighted by molar-refractivity contribution is 7.11. The van der Waals surface area contributed by atoms with Crippen molar-refractivity contribution >= 4 is 11.3 Å². The summed E-state index contributed by atoms with van der Waals surface area (Å²) in [6, 6.07) is 5.41. The summed E-state index contributed by atoms with van der Waals surface area (Å²) in [5.74, 6) is 0.669. The fraction of sp³-hybridized carbons (Fsp3) is 0.308. The van der Waals surface area contributed by atoms with Crippen molar-refractivity contribution < 1.29 is 9.84 Å². The molecule has 2 N–H and O–H groups in total. The number of rotatable bonds is 5. The molecule has 0 saturated heterocycles. The van der Waals surface area contributed by atoms with Crippen molar-refractivity contribution in [1.29, 1.82) is 0 Å². The van der Waals surface area contributed by atoms with Crippen LogP contribution in [0.2, 0.25) is 0 Å². The molecular formula is C13H16N2O2S. The Morgan fingerprint density at radius 2 is 2.22 bits per heavy atom. The van der Waals surface area contributed by atoms with Gasteiger partial charge in [-0.05, 0) is 24.6 Å². The van der Waals surface area contributed by atoms with Gasteiger partial charge in [0.15, 0.2) is 11.5 Å². The highest BCUT2D eigenvalue weighted by Crippen LogP contribution is 2.26. The van der Waals surface area contributed by atoms with E-state index in [0.29, 0.717) is 12.3 Å². The first-order chi connectivity index (χ1) is 8.69. The van der Waals surface area contributed by atoms with Crippen molar-refractivity contribution in [3.8, 4) is 11.5 Å². The minimum absolute atomic E-state index is 0.172. The third-order valence-electron chi connectivity index (χ3n) is 2.54. The predicted molar refractivity (Wildman–Crippen MR) is 72.1 cm³/mol. The van der Waals surface area contributed by atoms with Crippen molar-refractivity contribution in [3.05, 3.63) is 39.8 Å². The maximum Gasteiger partial charge on any atom is 0.160 e.